The van der Waals surface area contributed by atoms with Crippen LogP contribution < -0.4 is 20.1 Å². The second kappa shape index (κ2) is 8.22. The molecule has 1 aliphatic rings. The monoisotopic (exact) mass is 426 g/mol. The Kier molecular flexibility index (Phi) is 6.25. The van der Waals surface area contributed by atoms with Gasteiger partial charge in [-0.15, -0.1) is 0 Å². The van der Waals surface area contributed by atoms with Gasteiger partial charge in [0.25, 0.3) is 0 Å². The maximum Gasteiger partial charge on any atom is 0.338 e. The smallest absolute Gasteiger partial charge is 0.338 e. The minimum atomic E-state index is -0.751. The number of urea groups is 1. The third-order valence-electron chi connectivity index (χ3n) is 3.60. The summed E-state index contributed by atoms with van der Waals surface area (Å²) >= 11 is 3.33. The highest BCUT2D eigenvalue weighted by Gasteiger charge is 2.33. The lowest BCUT2D eigenvalue weighted by Crippen LogP contribution is -2.45. The summed E-state index contributed by atoms with van der Waals surface area (Å²) in [5, 5.41) is 5.26. The number of esters is 2. The Morgan fingerprint density at radius 2 is 2.00 bits per heavy atom. The normalized spacial score (nSPS) is 16.5. The van der Waals surface area contributed by atoms with Crippen LogP contribution in [-0.2, 0) is 14.3 Å². The highest BCUT2D eigenvalue weighted by Crippen LogP contribution is 2.40. The number of benzene rings is 1. The van der Waals surface area contributed by atoms with Gasteiger partial charge in [0.15, 0.2) is 11.5 Å². The summed E-state index contributed by atoms with van der Waals surface area (Å²) in [5.74, 6) is -0.558. The number of methoxy groups -OCH3 is 1. The zero-order chi connectivity index (χ0) is 19.4. The number of rotatable bonds is 5. The molecule has 1 aromatic rings. The van der Waals surface area contributed by atoms with Crippen LogP contribution in [-0.4, -0.2) is 31.7 Å². The van der Waals surface area contributed by atoms with Crippen LogP contribution in [0.5, 0.6) is 11.5 Å². The van der Waals surface area contributed by atoms with Crippen molar-refractivity contribution in [3.63, 3.8) is 0 Å². The molecule has 8 nitrogen and oxygen atoms in total. The quantitative estimate of drug-likeness (QED) is 0.553. The second-order valence-electron chi connectivity index (χ2n) is 5.42. The van der Waals surface area contributed by atoms with Gasteiger partial charge in [-0.3, -0.25) is 4.79 Å². The van der Waals surface area contributed by atoms with Crippen LogP contribution in [0.3, 0.4) is 0 Å². The molecule has 0 bridgehead atoms. The van der Waals surface area contributed by atoms with Crippen molar-refractivity contribution in [2.24, 2.45) is 0 Å². The van der Waals surface area contributed by atoms with Crippen LogP contribution in [0.25, 0.3) is 0 Å². The molecule has 26 heavy (non-hydrogen) atoms. The van der Waals surface area contributed by atoms with Gasteiger partial charge in [0.05, 0.1) is 29.8 Å². The highest BCUT2D eigenvalue weighted by atomic mass is 79.9. The molecule has 1 aromatic carbocycles. The third kappa shape index (κ3) is 4.16. The van der Waals surface area contributed by atoms with E-state index in [9.17, 15) is 14.4 Å². The predicted molar refractivity (Wildman–Crippen MR) is 95.7 cm³/mol. The van der Waals surface area contributed by atoms with Crippen molar-refractivity contribution < 1.29 is 28.6 Å². The van der Waals surface area contributed by atoms with E-state index >= 15 is 0 Å². The fourth-order valence-electron chi connectivity index (χ4n) is 2.57. The molecule has 0 saturated heterocycles. The van der Waals surface area contributed by atoms with Gasteiger partial charge in [-0.25, -0.2) is 9.59 Å². The SMILES string of the molecule is CCOC(=O)C1=C(C)NC(=O)N[C@H]1c1cc(Br)c(OC(C)=O)c(OC)c1. The average Bonchev–Trinajstić information content (AvgIpc) is 2.55. The summed E-state index contributed by atoms with van der Waals surface area (Å²) < 4.78 is 16.0. The summed E-state index contributed by atoms with van der Waals surface area (Å²) in [6, 6.07) is 2.04. The molecule has 2 N–H and O–H groups in total. The van der Waals surface area contributed by atoms with Crippen LogP contribution >= 0.6 is 15.9 Å². The van der Waals surface area contributed by atoms with E-state index in [2.05, 4.69) is 26.6 Å². The van der Waals surface area contributed by atoms with Crippen LogP contribution in [0, 0.1) is 0 Å². The summed E-state index contributed by atoms with van der Waals surface area (Å²) in [7, 11) is 1.42. The van der Waals surface area contributed by atoms with Gasteiger partial charge < -0.3 is 24.8 Å². The maximum absolute atomic E-state index is 12.4. The summed E-state index contributed by atoms with van der Waals surface area (Å²) in [6.45, 7) is 4.80. The molecule has 0 aromatic heterocycles. The Balaban J connectivity index is 2.55. The average molecular weight is 427 g/mol. The van der Waals surface area contributed by atoms with Crippen LogP contribution in [0.1, 0.15) is 32.4 Å². The Morgan fingerprint density at radius 3 is 2.58 bits per heavy atom. The third-order valence-corrected chi connectivity index (χ3v) is 4.18. The fraction of sp³-hybridized carbons (Fsp3) is 0.353. The van der Waals surface area contributed by atoms with Gasteiger partial charge in [-0.05, 0) is 47.5 Å². The standard InChI is InChI=1S/C17H19BrN2O6/c1-5-25-16(22)13-8(2)19-17(23)20-14(13)10-6-11(18)15(26-9(3)21)12(7-10)24-4/h6-7,14H,5H2,1-4H3,(H2,19,20,23)/t14-/m0/s1. The highest BCUT2D eigenvalue weighted by molar-refractivity contribution is 9.10. The largest absolute Gasteiger partial charge is 0.493 e. The summed E-state index contributed by atoms with van der Waals surface area (Å²) in [5.41, 5.74) is 1.24. The molecular weight excluding hydrogens is 408 g/mol. The van der Waals surface area contributed by atoms with Gasteiger partial charge >= 0.3 is 18.0 Å². The number of amides is 2. The Morgan fingerprint density at radius 1 is 1.31 bits per heavy atom. The lowest BCUT2D eigenvalue weighted by atomic mass is 9.95. The van der Waals surface area contributed by atoms with E-state index in [1.807, 2.05) is 0 Å². The number of carbonyl (C=O) groups excluding carboxylic acids is 3. The van der Waals surface area contributed by atoms with Crippen molar-refractivity contribution in [3.05, 3.63) is 33.4 Å². The lowest BCUT2D eigenvalue weighted by Gasteiger charge is -2.28. The zero-order valence-electron chi connectivity index (χ0n) is 14.8. The molecule has 140 valence electrons. The van der Waals surface area contributed by atoms with Crippen LogP contribution in [0.4, 0.5) is 4.79 Å². The first-order valence-electron chi connectivity index (χ1n) is 7.79. The van der Waals surface area contributed by atoms with Crippen LogP contribution in [0.15, 0.2) is 27.9 Å². The summed E-state index contributed by atoms with van der Waals surface area (Å²) in [6.07, 6.45) is 0. The van der Waals surface area contributed by atoms with E-state index in [4.69, 9.17) is 14.2 Å². The van der Waals surface area contributed by atoms with Crippen molar-refractivity contribution in [2.45, 2.75) is 26.8 Å². The van der Waals surface area contributed by atoms with Crippen molar-refractivity contribution in [2.75, 3.05) is 13.7 Å². The van der Waals surface area contributed by atoms with Crippen LogP contribution in [0.2, 0.25) is 0 Å². The molecule has 1 atom stereocenters. The van der Waals surface area contributed by atoms with E-state index in [0.29, 0.717) is 15.7 Å². The first-order valence-corrected chi connectivity index (χ1v) is 8.59. The topological polar surface area (TPSA) is 103 Å². The van der Waals surface area contributed by atoms with Crippen molar-refractivity contribution in [3.8, 4) is 11.5 Å². The van der Waals surface area contributed by atoms with Gasteiger partial charge in [0, 0.05) is 12.6 Å². The van der Waals surface area contributed by atoms with E-state index in [0.717, 1.165) is 0 Å². The molecule has 0 unspecified atom stereocenters. The first kappa shape index (κ1) is 19.8. The van der Waals surface area contributed by atoms with E-state index in [-0.39, 0.29) is 23.7 Å². The number of nitrogens with one attached hydrogen (secondary N) is 2. The first-order chi connectivity index (χ1) is 12.3. The van der Waals surface area contributed by atoms with E-state index < -0.39 is 24.0 Å². The molecule has 1 aliphatic heterocycles. The number of halogens is 1. The Labute approximate surface area is 159 Å². The molecule has 0 radical (unpaired) electrons. The Hall–Kier alpha value is -2.55. The molecule has 0 saturated carbocycles. The van der Waals surface area contributed by atoms with Gasteiger partial charge in [-0.2, -0.15) is 0 Å². The maximum atomic E-state index is 12.4. The number of allylic oxidation sites excluding steroid dienone is 1. The molecule has 2 amide bonds. The number of hydrogen-bond acceptors (Lipinski definition) is 6. The molecule has 0 fully saturated rings. The van der Waals surface area contributed by atoms with Gasteiger partial charge in [-0.1, -0.05) is 0 Å². The number of carbonyl (C=O) groups is 3. The number of hydrogen-bond donors (Lipinski definition) is 2. The predicted octanol–water partition coefficient (Wildman–Crippen LogP) is 2.57. The lowest BCUT2D eigenvalue weighted by molar-refractivity contribution is -0.139. The minimum Gasteiger partial charge on any atom is -0.493 e. The van der Waals surface area contributed by atoms with E-state index in [1.165, 1.54) is 14.0 Å². The van der Waals surface area contributed by atoms with Crippen molar-refractivity contribution in [1.82, 2.24) is 10.6 Å². The van der Waals surface area contributed by atoms with Gasteiger partial charge in [0.1, 0.15) is 0 Å². The van der Waals surface area contributed by atoms with E-state index in [1.54, 1.807) is 26.0 Å². The second-order valence-corrected chi connectivity index (χ2v) is 6.27. The molecular formula is C17H19BrN2O6. The fourth-order valence-corrected chi connectivity index (χ4v) is 3.11. The molecule has 9 heteroatoms. The summed E-state index contributed by atoms with van der Waals surface area (Å²) in [4.78, 5) is 35.6. The van der Waals surface area contributed by atoms with Crippen molar-refractivity contribution >= 4 is 33.9 Å². The molecule has 0 aliphatic carbocycles. The number of ether oxygens (including phenoxy) is 3. The molecule has 0 spiro atoms. The minimum absolute atomic E-state index is 0.203. The zero-order valence-corrected chi connectivity index (χ0v) is 16.4. The molecule has 1 heterocycles. The van der Waals surface area contributed by atoms with Crippen molar-refractivity contribution in [1.29, 1.82) is 0 Å². The Bertz CT molecular complexity index is 790. The van der Waals surface area contributed by atoms with Gasteiger partial charge in [0.2, 0.25) is 0 Å². The molecule has 2 rings (SSSR count).